The average Bonchev–Trinajstić information content (AvgIpc) is 2.60. The summed E-state index contributed by atoms with van der Waals surface area (Å²) in [6.07, 6.45) is 1.72. The summed E-state index contributed by atoms with van der Waals surface area (Å²) in [5, 5.41) is 2.98. The summed E-state index contributed by atoms with van der Waals surface area (Å²) < 4.78 is 31.2. The summed E-state index contributed by atoms with van der Waals surface area (Å²) in [6, 6.07) is 15.6. The van der Waals surface area contributed by atoms with Gasteiger partial charge in [0.15, 0.2) is 0 Å². The number of hydrogen-bond donors (Lipinski definition) is 1. The maximum atomic E-state index is 12.9. The van der Waals surface area contributed by atoms with Crippen molar-refractivity contribution in [1.82, 2.24) is 5.32 Å². The number of nitrogens with one attached hydrogen (secondary N) is 1. The van der Waals surface area contributed by atoms with E-state index in [0.717, 1.165) is 16.1 Å². The Hall–Kier alpha value is -2.54. The molecule has 2 aromatic carbocycles. The van der Waals surface area contributed by atoms with Crippen LogP contribution in [0.2, 0.25) is 0 Å². The van der Waals surface area contributed by atoms with Gasteiger partial charge in [-0.25, -0.2) is 8.42 Å². The number of carbonyl (C=O) groups excluding carboxylic acids is 1. The van der Waals surface area contributed by atoms with Crippen molar-refractivity contribution in [2.75, 3.05) is 17.7 Å². The fourth-order valence-corrected chi connectivity index (χ4v) is 4.31. The zero-order valence-corrected chi connectivity index (χ0v) is 17.8. The lowest BCUT2D eigenvalue weighted by Crippen LogP contribution is -2.54. The standard InChI is InChI=1S/C21H28N2O4S/c1-16(20(24)22-21(2,3)15-17-10-7-6-8-11-17)23(28(5,25)26)18-12-9-13-19(14-18)27-4/h6-14,16H,15H2,1-5H3,(H,22,24)/t16-/m1/s1. The van der Waals surface area contributed by atoms with Gasteiger partial charge in [0.05, 0.1) is 19.1 Å². The van der Waals surface area contributed by atoms with Gasteiger partial charge in [-0.1, -0.05) is 36.4 Å². The van der Waals surface area contributed by atoms with Gasteiger partial charge in [0, 0.05) is 11.6 Å². The number of sulfonamides is 1. The Morgan fingerprint density at radius 2 is 1.79 bits per heavy atom. The minimum Gasteiger partial charge on any atom is -0.497 e. The smallest absolute Gasteiger partial charge is 0.244 e. The van der Waals surface area contributed by atoms with Crippen LogP contribution in [0.1, 0.15) is 26.3 Å². The summed E-state index contributed by atoms with van der Waals surface area (Å²) in [7, 11) is -2.18. The maximum Gasteiger partial charge on any atom is 0.244 e. The molecular weight excluding hydrogens is 376 g/mol. The molecule has 0 spiro atoms. The van der Waals surface area contributed by atoms with Gasteiger partial charge >= 0.3 is 0 Å². The second kappa shape index (κ2) is 8.65. The molecule has 0 heterocycles. The Kier molecular flexibility index (Phi) is 6.72. The summed E-state index contributed by atoms with van der Waals surface area (Å²) in [5.41, 5.74) is 0.933. The van der Waals surface area contributed by atoms with E-state index in [0.29, 0.717) is 17.9 Å². The molecule has 6 nitrogen and oxygen atoms in total. The molecule has 2 rings (SSSR count). The van der Waals surface area contributed by atoms with E-state index in [1.54, 1.807) is 31.2 Å². The van der Waals surface area contributed by atoms with Crippen molar-refractivity contribution in [3.63, 3.8) is 0 Å². The third-order valence-corrected chi connectivity index (χ3v) is 5.59. The van der Waals surface area contributed by atoms with Crippen LogP contribution >= 0.6 is 0 Å². The number of rotatable bonds is 8. The van der Waals surface area contributed by atoms with Gasteiger partial charge in [0.2, 0.25) is 15.9 Å². The molecule has 0 saturated heterocycles. The molecule has 0 fully saturated rings. The molecule has 1 atom stereocenters. The van der Waals surface area contributed by atoms with Crippen LogP contribution in [-0.4, -0.2) is 39.3 Å². The number of carbonyl (C=O) groups is 1. The van der Waals surface area contributed by atoms with E-state index in [-0.39, 0.29) is 5.91 Å². The van der Waals surface area contributed by atoms with Crippen LogP contribution in [-0.2, 0) is 21.2 Å². The Bertz CT molecular complexity index is 911. The lowest BCUT2D eigenvalue weighted by molar-refractivity contribution is -0.123. The summed E-state index contributed by atoms with van der Waals surface area (Å²) in [4.78, 5) is 12.9. The number of benzene rings is 2. The topological polar surface area (TPSA) is 75.7 Å². The molecule has 0 aliphatic rings. The van der Waals surface area contributed by atoms with E-state index in [1.807, 2.05) is 44.2 Å². The highest BCUT2D eigenvalue weighted by Gasteiger charge is 2.32. The van der Waals surface area contributed by atoms with Crippen LogP contribution in [0, 0.1) is 0 Å². The Balaban J connectivity index is 2.23. The van der Waals surface area contributed by atoms with E-state index >= 15 is 0 Å². The highest BCUT2D eigenvalue weighted by molar-refractivity contribution is 7.92. The van der Waals surface area contributed by atoms with Crippen LogP contribution in [0.3, 0.4) is 0 Å². The first-order valence-electron chi connectivity index (χ1n) is 9.03. The molecule has 0 radical (unpaired) electrons. The maximum absolute atomic E-state index is 12.9. The molecule has 0 aliphatic heterocycles. The van der Waals surface area contributed by atoms with Crippen molar-refractivity contribution in [3.05, 3.63) is 60.2 Å². The Morgan fingerprint density at radius 1 is 1.14 bits per heavy atom. The summed E-state index contributed by atoms with van der Waals surface area (Å²) >= 11 is 0. The zero-order chi connectivity index (χ0) is 20.9. The van der Waals surface area contributed by atoms with Gasteiger partial charge in [0.1, 0.15) is 11.8 Å². The number of methoxy groups -OCH3 is 1. The third-order valence-electron chi connectivity index (χ3n) is 4.35. The van der Waals surface area contributed by atoms with Crippen molar-refractivity contribution < 1.29 is 17.9 Å². The fraction of sp³-hybridized carbons (Fsp3) is 0.381. The lowest BCUT2D eigenvalue weighted by Gasteiger charge is -2.33. The van der Waals surface area contributed by atoms with Crippen molar-refractivity contribution in [1.29, 1.82) is 0 Å². The molecule has 28 heavy (non-hydrogen) atoms. The molecule has 7 heteroatoms. The van der Waals surface area contributed by atoms with Crippen LogP contribution in [0.25, 0.3) is 0 Å². The number of ether oxygens (including phenoxy) is 1. The number of amides is 1. The van der Waals surface area contributed by atoms with Gasteiger partial charge in [-0.2, -0.15) is 0 Å². The average molecular weight is 405 g/mol. The van der Waals surface area contributed by atoms with E-state index in [9.17, 15) is 13.2 Å². The van der Waals surface area contributed by atoms with E-state index in [4.69, 9.17) is 4.74 Å². The van der Waals surface area contributed by atoms with Crippen LogP contribution < -0.4 is 14.4 Å². The fourth-order valence-electron chi connectivity index (χ4n) is 3.14. The SMILES string of the molecule is COc1cccc(N([C@H](C)C(=O)NC(C)(C)Cc2ccccc2)S(C)(=O)=O)c1. The molecule has 0 bridgehead atoms. The number of anilines is 1. The largest absolute Gasteiger partial charge is 0.497 e. The quantitative estimate of drug-likeness (QED) is 0.734. The Labute approximate surface area is 167 Å². The van der Waals surface area contributed by atoms with E-state index in [2.05, 4.69) is 5.32 Å². The zero-order valence-electron chi connectivity index (χ0n) is 17.0. The van der Waals surface area contributed by atoms with Crippen molar-refractivity contribution >= 4 is 21.6 Å². The molecule has 2 aromatic rings. The summed E-state index contributed by atoms with van der Waals surface area (Å²) in [6.45, 7) is 5.41. The molecule has 1 amide bonds. The van der Waals surface area contributed by atoms with Crippen LogP contribution in [0.15, 0.2) is 54.6 Å². The van der Waals surface area contributed by atoms with Gasteiger partial charge in [-0.15, -0.1) is 0 Å². The predicted molar refractivity (Wildman–Crippen MR) is 112 cm³/mol. The minimum absolute atomic E-state index is 0.367. The molecule has 0 saturated carbocycles. The molecule has 0 aliphatic carbocycles. The van der Waals surface area contributed by atoms with Crippen molar-refractivity contribution in [2.24, 2.45) is 0 Å². The van der Waals surface area contributed by atoms with Gasteiger partial charge < -0.3 is 10.1 Å². The van der Waals surface area contributed by atoms with E-state index in [1.165, 1.54) is 7.11 Å². The molecule has 0 unspecified atom stereocenters. The highest BCUT2D eigenvalue weighted by atomic mass is 32.2. The van der Waals surface area contributed by atoms with Gasteiger partial charge in [-0.05, 0) is 44.9 Å². The van der Waals surface area contributed by atoms with Gasteiger partial charge in [0.25, 0.3) is 0 Å². The minimum atomic E-state index is -3.68. The number of hydrogen-bond acceptors (Lipinski definition) is 4. The Morgan fingerprint density at radius 3 is 2.36 bits per heavy atom. The second-order valence-corrected chi connectivity index (χ2v) is 9.33. The first-order valence-corrected chi connectivity index (χ1v) is 10.9. The molecular formula is C21H28N2O4S. The first kappa shape index (κ1) is 21.8. The highest BCUT2D eigenvalue weighted by Crippen LogP contribution is 2.25. The van der Waals surface area contributed by atoms with Crippen LogP contribution in [0.5, 0.6) is 5.75 Å². The molecule has 152 valence electrons. The number of nitrogens with zero attached hydrogens (tertiary/aromatic N) is 1. The normalized spacial score (nSPS) is 12.9. The molecule has 1 N–H and O–H groups in total. The van der Waals surface area contributed by atoms with Crippen LogP contribution in [0.4, 0.5) is 5.69 Å². The monoisotopic (exact) mass is 404 g/mol. The third kappa shape index (κ3) is 5.73. The van der Waals surface area contributed by atoms with Crippen molar-refractivity contribution in [2.45, 2.75) is 38.8 Å². The first-order chi connectivity index (χ1) is 13.0. The van der Waals surface area contributed by atoms with Gasteiger partial charge in [-0.3, -0.25) is 9.10 Å². The van der Waals surface area contributed by atoms with E-state index < -0.39 is 21.6 Å². The lowest BCUT2D eigenvalue weighted by atomic mass is 9.94. The molecule has 0 aromatic heterocycles. The summed E-state index contributed by atoms with van der Waals surface area (Å²) in [5.74, 6) is 0.150. The predicted octanol–water partition coefficient (Wildman–Crippen LogP) is 2.99. The second-order valence-electron chi connectivity index (χ2n) is 7.47. The van der Waals surface area contributed by atoms with Crippen molar-refractivity contribution in [3.8, 4) is 5.75 Å².